The van der Waals surface area contributed by atoms with E-state index in [-0.39, 0.29) is 11.9 Å². The molecule has 5 nitrogen and oxygen atoms in total. The van der Waals surface area contributed by atoms with Gasteiger partial charge in [-0.15, -0.1) is 0 Å². The molecule has 36 heavy (non-hydrogen) atoms. The zero-order valence-corrected chi connectivity index (χ0v) is 21.4. The van der Waals surface area contributed by atoms with Crippen LogP contribution in [0.4, 0.5) is 0 Å². The Bertz CT molecular complexity index is 1200. The van der Waals surface area contributed by atoms with Gasteiger partial charge in [-0.3, -0.25) is 0 Å². The quantitative estimate of drug-likeness (QED) is 0.366. The third-order valence-corrected chi connectivity index (χ3v) is 7.22. The first kappa shape index (κ1) is 25.6. The minimum atomic E-state index is -0.937. The Morgan fingerprint density at radius 2 is 1.61 bits per heavy atom. The number of likely N-dealkylation sites (N-methyl/N-ethyl adjacent to an activating group) is 1. The summed E-state index contributed by atoms with van der Waals surface area (Å²) in [6.45, 7) is 2.71. The summed E-state index contributed by atoms with van der Waals surface area (Å²) in [5.74, 6) is -1.22. The maximum Gasteiger partial charge on any atom is 0.338 e. The third kappa shape index (κ3) is 5.68. The average molecular weight is 486 g/mol. The van der Waals surface area contributed by atoms with Crippen molar-refractivity contribution >= 4 is 11.9 Å². The molecule has 5 heteroatoms. The molecule has 0 bridgehead atoms. The molecule has 188 valence electrons. The average Bonchev–Trinajstić information content (AvgIpc) is 2.88. The fraction of sp³-hybridized carbons (Fsp3) is 0.355. The van der Waals surface area contributed by atoms with Crippen molar-refractivity contribution in [1.29, 1.82) is 0 Å². The lowest BCUT2D eigenvalue weighted by atomic mass is 9.72. The van der Waals surface area contributed by atoms with E-state index in [2.05, 4.69) is 17.0 Å². The van der Waals surface area contributed by atoms with Crippen LogP contribution in [0.2, 0.25) is 0 Å². The normalized spacial score (nSPS) is 15.9. The lowest BCUT2D eigenvalue weighted by molar-refractivity contribution is -0.0575. The minimum Gasteiger partial charge on any atom is -0.478 e. The number of carboxylic acid groups (broad SMARTS) is 1. The second-order valence-electron chi connectivity index (χ2n) is 10.2. The van der Waals surface area contributed by atoms with Gasteiger partial charge in [-0.25, -0.2) is 9.59 Å². The number of ether oxygens (including phenoxy) is 1. The van der Waals surface area contributed by atoms with Crippen molar-refractivity contribution in [2.75, 3.05) is 20.6 Å². The second kappa shape index (κ2) is 11.1. The van der Waals surface area contributed by atoms with E-state index >= 15 is 0 Å². The Morgan fingerprint density at radius 3 is 2.22 bits per heavy atom. The minimum absolute atomic E-state index is 0.00836. The molecule has 1 saturated carbocycles. The van der Waals surface area contributed by atoms with Crippen molar-refractivity contribution in [3.8, 4) is 11.1 Å². The predicted molar refractivity (Wildman–Crippen MR) is 143 cm³/mol. The number of aryl methyl sites for hydroxylation is 1. The number of hydrogen-bond acceptors (Lipinski definition) is 4. The van der Waals surface area contributed by atoms with Crippen LogP contribution < -0.4 is 0 Å². The van der Waals surface area contributed by atoms with E-state index in [1.54, 1.807) is 18.2 Å². The summed E-state index contributed by atoms with van der Waals surface area (Å²) in [5.41, 5.74) is 3.95. The van der Waals surface area contributed by atoms with Crippen molar-refractivity contribution < 1.29 is 19.4 Å². The summed E-state index contributed by atoms with van der Waals surface area (Å²) in [7, 11) is 4.09. The number of esters is 1. The smallest absolute Gasteiger partial charge is 0.338 e. The van der Waals surface area contributed by atoms with Gasteiger partial charge in [0.2, 0.25) is 0 Å². The van der Waals surface area contributed by atoms with E-state index in [0.717, 1.165) is 55.3 Å². The number of rotatable bonds is 8. The molecule has 0 spiro atoms. The number of hydrogen-bond donors (Lipinski definition) is 1. The summed E-state index contributed by atoms with van der Waals surface area (Å²) >= 11 is 0. The zero-order chi connectivity index (χ0) is 25.7. The SMILES string of the molecule is Cc1ccc(C(=O)O)c(-c2ccc(C(CN(C)C)C3(OC(=O)c4ccccc4)CCCCC3)cc2)c1. The number of carbonyl (C=O) groups is 2. The third-order valence-electron chi connectivity index (χ3n) is 7.22. The van der Waals surface area contributed by atoms with E-state index in [1.807, 2.05) is 63.5 Å². The summed E-state index contributed by atoms with van der Waals surface area (Å²) in [6, 6.07) is 22.8. The standard InChI is InChI=1S/C31H35NO4/c1-22-12-17-26(29(33)34)27(20-22)23-13-15-24(16-14-23)28(21-32(2)3)31(18-8-5-9-19-31)36-30(35)25-10-6-4-7-11-25/h4,6-7,10-17,20,28H,5,8-9,18-19,21H2,1-3H3,(H,33,34). The van der Waals surface area contributed by atoms with Crippen molar-refractivity contribution in [2.24, 2.45) is 0 Å². The van der Waals surface area contributed by atoms with E-state index < -0.39 is 11.6 Å². The first-order chi connectivity index (χ1) is 17.3. The van der Waals surface area contributed by atoms with Gasteiger partial charge in [0.25, 0.3) is 0 Å². The van der Waals surface area contributed by atoms with E-state index in [1.165, 1.54) is 0 Å². The Balaban J connectivity index is 1.71. The number of benzene rings is 3. The molecule has 1 unspecified atom stereocenters. The van der Waals surface area contributed by atoms with E-state index in [9.17, 15) is 14.7 Å². The van der Waals surface area contributed by atoms with Gasteiger partial charge in [-0.2, -0.15) is 0 Å². The van der Waals surface area contributed by atoms with E-state index in [4.69, 9.17) is 4.74 Å². The maximum absolute atomic E-state index is 13.2. The Labute approximate surface area is 213 Å². The molecule has 0 aliphatic heterocycles. The van der Waals surface area contributed by atoms with Crippen LogP contribution >= 0.6 is 0 Å². The van der Waals surface area contributed by atoms with Crippen LogP contribution in [-0.4, -0.2) is 48.2 Å². The highest BCUT2D eigenvalue weighted by Gasteiger charge is 2.44. The molecule has 0 heterocycles. The van der Waals surface area contributed by atoms with Crippen LogP contribution in [0.25, 0.3) is 11.1 Å². The highest BCUT2D eigenvalue weighted by molar-refractivity contribution is 5.96. The van der Waals surface area contributed by atoms with Gasteiger partial charge < -0.3 is 14.7 Å². The predicted octanol–water partition coefficient (Wildman–Crippen LogP) is 6.57. The highest BCUT2D eigenvalue weighted by atomic mass is 16.6. The van der Waals surface area contributed by atoms with Crippen molar-refractivity contribution in [3.05, 3.63) is 95.1 Å². The number of nitrogens with zero attached hydrogens (tertiary/aromatic N) is 1. The molecule has 3 aromatic carbocycles. The molecule has 3 aromatic rings. The summed E-state index contributed by atoms with van der Waals surface area (Å²) in [4.78, 5) is 27.2. The molecule has 1 N–H and O–H groups in total. The molecule has 0 saturated heterocycles. The summed E-state index contributed by atoms with van der Waals surface area (Å²) in [6.07, 6.45) is 4.84. The van der Waals surface area contributed by atoms with Crippen LogP contribution in [0, 0.1) is 6.92 Å². The van der Waals surface area contributed by atoms with Gasteiger partial charge >= 0.3 is 11.9 Å². The van der Waals surface area contributed by atoms with Crippen LogP contribution in [0.1, 0.15) is 69.9 Å². The molecule has 0 radical (unpaired) electrons. The van der Waals surface area contributed by atoms with Gasteiger partial charge in [0.1, 0.15) is 5.60 Å². The van der Waals surface area contributed by atoms with Crippen LogP contribution in [0.15, 0.2) is 72.8 Å². The molecule has 1 aliphatic rings. The van der Waals surface area contributed by atoms with Crippen LogP contribution in [-0.2, 0) is 4.74 Å². The highest BCUT2D eigenvalue weighted by Crippen LogP contribution is 2.44. The van der Waals surface area contributed by atoms with E-state index in [0.29, 0.717) is 16.7 Å². The Hall–Kier alpha value is -3.44. The molecule has 0 amide bonds. The number of carbonyl (C=O) groups excluding carboxylic acids is 1. The lowest BCUT2D eigenvalue weighted by Gasteiger charge is -2.44. The first-order valence-corrected chi connectivity index (χ1v) is 12.7. The maximum atomic E-state index is 13.2. The molecule has 1 atom stereocenters. The Morgan fingerprint density at radius 1 is 0.944 bits per heavy atom. The molecule has 0 aromatic heterocycles. The Kier molecular flexibility index (Phi) is 7.90. The molecular formula is C31H35NO4. The van der Waals surface area contributed by atoms with Gasteiger partial charge in [0, 0.05) is 12.5 Å². The lowest BCUT2D eigenvalue weighted by Crippen LogP contribution is -2.46. The molecular weight excluding hydrogens is 450 g/mol. The van der Waals surface area contributed by atoms with Gasteiger partial charge in [-0.1, -0.05) is 66.6 Å². The van der Waals surface area contributed by atoms with Crippen LogP contribution in [0.3, 0.4) is 0 Å². The van der Waals surface area contributed by atoms with Gasteiger partial charge in [-0.05, 0) is 81.6 Å². The van der Waals surface area contributed by atoms with Crippen LogP contribution in [0.5, 0.6) is 0 Å². The monoisotopic (exact) mass is 485 g/mol. The largest absolute Gasteiger partial charge is 0.478 e. The van der Waals surface area contributed by atoms with Crippen molar-refractivity contribution in [1.82, 2.24) is 4.90 Å². The molecule has 1 fully saturated rings. The molecule has 4 rings (SSSR count). The second-order valence-corrected chi connectivity index (χ2v) is 10.2. The number of carboxylic acids is 1. The van der Waals surface area contributed by atoms with Gasteiger partial charge in [0.05, 0.1) is 11.1 Å². The van der Waals surface area contributed by atoms with Gasteiger partial charge in [0.15, 0.2) is 0 Å². The van der Waals surface area contributed by atoms with Crippen molar-refractivity contribution in [2.45, 2.75) is 50.5 Å². The zero-order valence-electron chi connectivity index (χ0n) is 21.4. The fourth-order valence-electron chi connectivity index (χ4n) is 5.41. The summed E-state index contributed by atoms with van der Waals surface area (Å²) < 4.78 is 6.42. The van der Waals surface area contributed by atoms with Crippen molar-refractivity contribution in [3.63, 3.8) is 0 Å². The number of aromatic carboxylic acids is 1. The topological polar surface area (TPSA) is 66.8 Å². The molecule has 1 aliphatic carbocycles. The first-order valence-electron chi connectivity index (χ1n) is 12.7. The summed E-state index contributed by atoms with van der Waals surface area (Å²) in [5, 5.41) is 9.69. The fourth-order valence-corrected chi connectivity index (χ4v) is 5.41.